The monoisotopic (exact) mass is 279 g/mol. The fraction of sp³-hybridized carbons (Fsp3) is 0.667. The highest BCUT2D eigenvalue weighted by atomic mass is 16.4. The van der Waals surface area contributed by atoms with Crippen LogP contribution in [0.2, 0.25) is 0 Å². The molecule has 0 aliphatic rings. The number of carboxylic acids is 1. The maximum atomic E-state index is 10.7. The van der Waals surface area contributed by atoms with E-state index in [0.717, 1.165) is 49.4 Å². The van der Waals surface area contributed by atoms with Gasteiger partial charge >= 0.3 is 5.97 Å². The Balaban J connectivity index is 2.42. The van der Waals surface area contributed by atoms with Gasteiger partial charge in [-0.15, -0.1) is 0 Å². The van der Waals surface area contributed by atoms with Crippen molar-refractivity contribution in [1.82, 2.24) is 9.97 Å². The molecule has 0 spiro atoms. The number of aliphatic carboxylic acids is 1. The van der Waals surface area contributed by atoms with Crippen LogP contribution in [0, 0.1) is 19.8 Å². The summed E-state index contributed by atoms with van der Waals surface area (Å²) in [5.41, 5.74) is 1.79. The van der Waals surface area contributed by atoms with Crippen molar-refractivity contribution in [3.8, 4) is 0 Å². The molecule has 5 nitrogen and oxygen atoms in total. The van der Waals surface area contributed by atoms with Gasteiger partial charge in [-0.25, -0.2) is 4.98 Å². The molecule has 0 bridgehead atoms. The maximum absolute atomic E-state index is 10.7. The van der Waals surface area contributed by atoms with Crippen LogP contribution in [0.3, 0.4) is 0 Å². The second kappa shape index (κ2) is 8.51. The minimum atomic E-state index is -0.709. The lowest BCUT2D eigenvalue weighted by Crippen LogP contribution is -2.13. The predicted molar refractivity (Wildman–Crippen MR) is 79.9 cm³/mol. The number of nitrogens with one attached hydrogen (secondary N) is 1. The van der Waals surface area contributed by atoms with Gasteiger partial charge in [-0.3, -0.25) is 9.78 Å². The third-order valence-corrected chi connectivity index (χ3v) is 3.38. The van der Waals surface area contributed by atoms with Gasteiger partial charge in [0.05, 0.1) is 11.4 Å². The number of carbonyl (C=O) groups is 1. The number of rotatable bonds is 9. The zero-order chi connectivity index (χ0) is 15.0. The maximum Gasteiger partial charge on any atom is 0.303 e. The summed E-state index contributed by atoms with van der Waals surface area (Å²) in [6.45, 7) is 6.80. The van der Waals surface area contributed by atoms with E-state index in [1.807, 2.05) is 13.8 Å². The number of anilines is 1. The minimum absolute atomic E-state index is 0.258. The molecule has 20 heavy (non-hydrogen) atoms. The van der Waals surface area contributed by atoms with E-state index in [0.29, 0.717) is 5.92 Å². The molecule has 1 atom stereocenters. The Morgan fingerprint density at radius 1 is 1.35 bits per heavy atom. The van der Waals surface area contributed by atoms with E-state index in [1.165, 1.54) is 0 Å². The van der Waals surface area contributed by atoms with Gasteiger partial charge in [-0.1, -0.05) is 19.8 Å². The SMILES string of the molecule is CCCC(CCNc1nc(C)cnc1C)CCC(=O)O. The summed E-state index contributed by atoms with van der Waals surface area (Å²) >= 11 is 0. The van der Waals surface area contributed by atoms with Crippen LogP contribution in [0.5, 0.6) is 0 Å². The van der Waals surface area contributed by atoms with Gasteiger partial charge in [-0.05, 0) is 32.6 Å². The summed E-state index contributed by atoms with van der Waals surface area (Å²) < 4.78 is 0. The van der Waals surface area contributed by atoms with Crippen LogP contribution in [0.1, 0.15) is 50.4 Å². The van der Waals surface area contributed by atoms with E-state index < -0.39 is 5.97 Å². The van der Waals surface area contributed by atoms with Crippen LogP contribution in [0.4, 0.5) is 5.82 Å². The fourth-order valence-electron chi connectivity index (χ4n) is 2.27. The third-order valence-electron chi connectivity index (χ3n) is 3.38. The van der Waals surface area contributed by atoms with E-state index in [9.17, 15) is 4.79 Å². The number of aromatic nitrogens is 2. The first-order valence-corrected chi connectivity index (χ1v) is 7.28. The molecule has 0 radical (unpaired) electrons. The lowest BCUT2D eigenvalue weighted by atomic mass is 9.94. The quantitative estimate of drug-likeness (QED) is 0.726. The molecule has 0 aliphatic carbocycles. The molecular formula is C15H25N3O2. The van der Waals surface area contributed by atoms with Crippen molar-refractivity contribution >= 4 is 11.8 Å². The number of hydrogen-bond acceptors (Lipinski definition) is 4. The molecular weight excluding hydrogens is 254 g/mol. The van der Waals surface area contributed by atoms with Crippen LogP contribution >= 0.6 is 0 Å². The van der Waals surface area contributed by atoms with Gasteiger partial charge in [0.2, 0.25) is 0 Å². The Morgan fingerprint density at radius 3 is 2.75 bits per heavy atom. The van der Waals surface area contributed by atoms with E-state index in [1.54, 1.807) is 6.20 Å². The van der Waals surface area contributed by atoms with Gasteiger partial charge < -0.3 is 10.4 Å². The van der Waals surface area contributed by atoms with Gasteiger partial charge in [0.25, 0.3) is 0 Å². The molecule has 1 aromatic heterocycles. The van der Waals surface area contributed by atoms with E-state index in [2.05, 4.69) is 22.2 Å². The van der Waals surface area contributed by atoms with Crippen molar-refractivity contribution in [3.63, 3.8) is 0 Å². The number of aryl methyl sites for hydroxylation is 2. The zero-order valence-electron chi connectivity index (χ0n) is 12.6. The average Bonchev–Trinajstić information content (AvgIpc) is 2.40. The van der Waals surface area contributed by atoms with Gasteiger partial charge in [0.15, 0.2) is 0 Å². The van der Waals surface area contributed by atoms with Crippen molar-refractivity contribution in [2.75, 3.05) is 11.9 Å². The number of nitrogens with zero attached hydrogens (tertiary/aromatic N) is 2. The van der Waals surface area contributed by atoms with Crippen molar-refractivity contribution < 1.29 is 9.90 Å². The summed E-state index contributed by atoms with van der Waals surface area (Å²) in [5, 5.41) is 12.1. The molecule has 1 rings (SSSR count). The largest absolute Gasteiger partial charge is 0.481 e. The highest BCUT2D eigenvalue weighted by Gasteiger charge is 2.10. The molecule has 0 saturated heterocycles. The Labute approximate surface area is 120 Å². The van der Waals surface area contributed by atoms with Gasteiger partial charge in [-0.2, -0.15) is 0 Å². The zero-order valence-corrected chi connectivity index (χ0v) is 12.6. The highest BCUT2D eigenvalue weighted by molar-refractivity contribution is 5.66. The molecule has 0 saturated carbocycles. The van der Waals surface area contributed by atoms with Crippen LogP contribution in [-0.2, 0) is 4.79 Å². The molecule has 1 unspecified atom stereocenters. The lowest BCUT2D eigenvalue weighted by molar-refractivity contribution is -0.137. The molecule has 5 heteroatoms. The van der Waals surface area contributed by atoms with E-state index in [4.69, 9.17) is 5.11 Å². The first-order valence-electron chi connectivity index (χ1n) is 7.28. The van der Waals surface area contributed by atoms with Crippen molar-refractivity contribution in [3.05, 3.63) is 17.6 Å². The third kappa shape index (κ3) is 5.99. The Hall–Kier alpha value is -1.65. The second-order valence-corrected chi connectivity index (χ2v) is 5.25. The van der Waals surface area contributed by atoms with Crippen LogP contribution in [0.15, 0.2) is 6.20 Å². The van der Waals surface area contributed by atoms with Crippen LogP contribution < -0.4 is 5.32 Å². The second-order valence-electron chi connectivity index (χ2n) is 5.25. The molecule has 1 aromatic rings. The number of hydrogen-bond donors (Lipinski definition) is 2. The summed E-state index contributed by atoms with van der Waals surface area (Å²) in [5.74, 6) is 0.583. The predicted octanol–water partition coefficient (Wildman–Crippen LogP) is 3.18. The van der Waals surface area contributed by atoms with Crippen LogP contribution in [0.25, 0.3) is 0 Å². The van der Waals surface area contributed by atoms with E-state index in [-0.39, 0.29) is 6.42 Å². The Bertz CT molecular complexity index is 435. The first kappa shape index (κ1) is 16.4. The molecule has 112 valence electrons. The number of carboxylic acid groups (broad SMARTS) is 1. The summed E-state index contributed by atoms with van der Waals surface area (Å²) in [6, 6.07) is 0. The normalized spacial score (nSPS) is 12.2. The lowest BCUT2D eigenvalue weighted by Gasteiger charge is -2.16. The molecule has 1 heterocycles. The Morgan fingerprint density at radius 2 is 2.10 bits per heavy atom. The smallest absolute Gasteiger partial charge is 0.303 e. The molecule has 0 fully saturated rings. The molecule has 0 aliphatic heterocycles. The molecule has 0 amide bonds. The summed E-state index contributed by atoms with van der Waals surface area (Å²) in [4.78, 5) is 19.3. The van der Waals surface area contributed by atoms with Gasteiger partial charge in [0, 0.05) is 19.2 Å². The first-order chi connectivity index (χ1) is 9.52. The van der Waals surface area contributed by atoms with Crippen molar-refractivity contribution in [2.24, 2.45) is 5.92 Å². The summed E-state index contributed by atoms with van der Waals surface area (Å²) in [7, 11) is 0. The molecule has 0 aromatic carbocycles. The Kier molecular flexibility index (Phi) is 6.98. The van der Waals surface area contributed by atoms with Crippen molar-refractivity contribution in [2.45, 2.75) is 52.9 Å². The fourth-order valence-corrected chi connectivity index (χ4v) is 2.27. The van der Waals surface area contributed by atoms with Gasteiger partial charge in [0.1, 0.15) is 5.82 Å². The topological polar surface area (TPSA) is 75.1 Å². The average molecular weight is 279 g/mol. The summed E-state index contributed by atoms with van der Waals surface area (Å²) in [6.07, 6.45) is 5.90. The standard InChI is InChI=1S/C15H25N3O2/c1-4-5-13(6-7-14(19)20)8-9-16-15-12(3)17-10-11(2)18-15/h10,13H,4-9H2,1-3H3,(H,16,18)(H,19,20). The van der Waals surface area contributed by atoms with E-state index >= 15 is 0 Å². The van der Waals surface area contributed by atoms with Crippen LogP contribution in [-0.4, -0.2) is 27.6 Å². The van der Waals surface area contributed by atoms with Crippen molar-refractivity contribution in [1.29, 1.82) is 0 Å². The minimum Gasteiger partial charge on any atom is -0.481 e. The highest BCUT2D eigenvalue weighted by Crippen LogP contribution is 2.18. The molecule has 2 N–H and O–H groups in total.